The summed E-state index contributed by atoms with van der Waals surface area (Å²) in [5, 5.41) is 0. The molecule has 11 heavy (non-hydrogen) atoms. The molecule has 1 atom stereocenters. The van der Waals surface area contributed by atoms with Gasteiger partial charge in [0.15, 0.2) is 0 Å². The van der Waals surface area contributed by atoms with Gasteiger partial charge in [0.2, 0.25) is 0 Å². The molecule has 1 aliphatic rings. The van der Waals surface area contributed by atoms with E-state index < -0.39 is 0 Å². The Balaban J connectivity index is 2.21. The Kier molecular flexibility index (Phi) is 2.55. The van der Waals surface area contributed by atoms with E-state index in [2.05, 4.69) is 32.6 Å². The van der Waals surface area contributed by atoms with Crippen LogP contribution in [0.1, 0.15) is 27.7 Å². The van der Waals surface area contributed by atoms with Crippen molar-refractivity contribution in [1.82, 2.24) is 4.90 Å². The van der Waals surface area contributed by atoms with Crippen molar-refractivity contribution in [3.05, 3.63) is 0 Å². The van der Waals surface area contributed by atoms with Crippen molar-refractivity contribution in [3.8, 4) is 0 Å². The smallest absolute Gasteiger partial charge is 0.0994 e. The van der Waals surface area contributed by atoms with E-state index >= 15 is 0 Å². The molecule has 0 N–H and O–H groups in total. The third kappa shape index (κ3) is 2.17. The molecule has 1 aliphatic heterocycles. The number of likely N-dealkylation sites (N-methyl/N-ethyl adjacent to an activating group) is 1. The van der Waals surface area contributed by atoms with E-state index in [-0.39, 0.29) is 5.60 Å². The number of epoxide rings is 1. The van der Waals surface area contributed by atoms with Gasteiger partial charge in [-0.05, 0) is 26.9 Å². The predicted molar refractivity (Wildman–Crippen MR) is 46.7 cm³/mol. The first kappa shape index (κ1) is 9.01. The first-order valence-electron chi connectivity index (χ1n) is 4.50. The van der Waals surface area contributed by atoms with Crippen LogP contribution in [0.15, 0.2) is 0 Å². The average molecular weight is 157 g/mol. The molecule has 0 bridgehead atoms. The molecule has 1 fully saturated rings. The molecule has 0 aromatic rings. The van der Waals surface area contributed by atoms with E-state index in [0.717, 1.165) is 19.6 Å². The standard InChI is InChI=1S/C9H19NO/c1-5-10(6-2)7-8-9(3,4)11-8/h8H,5-7H2,1-4H3. The van der Waals surface area contributed by atoms with Gasteiger partial charge in [-0.15, -0.1) is 0 Å². The molecule has 66 valence electrons. The lowest BCUT2D eigenvalue weighted by molar-refractivity contribution is 0.256. The van der Waals surface area contributed by atoms with E-state index in [1.54, 1.807) is 0 Å². The number of nitrogens with zero attached hydrogens (tertiary/aromatic N) is 1. The summed E-state index contributed by atoms with van der Waals surface area (Å²) in [5.74, 6) is 0. The molecule has 1 unspecified atom stereocenters. The van der Waals surface area contributed by atoms with Crippen LogP contribution in [0.25, 0.3) is 0 Å². The molecule has 0 saturated carbocycles. The zero-order valence-corrected chi connectivity index (χ0v) is 8.05. The van der Waals surface area contributed by atoms with Crippen LogP contribution in [-0.2, 0) is 4.74 Å². The quantitative estimate of drug-likeness (QED) is 0.575. The number of hydrogen-bond acceptors (Lipinski definition) is 2. The lowest BCUT2D eigenvalue weighted by atomic mass is 10.1. The Morgan fingerprint density at radius 2 is 1.73 bits per heavy atom. The maximum atomic E-state index is 5.50. The molecule has 0 spiro atoms. The fourth-order valence-electron chi connectivity index (χ4n) is 1.31. The molecule has 2 heteroatoms. The molecule has 0 aromatic heterocycles. The van der Waals surface area contributed by atoms with Crippen molar-refractivity contribution < 1.29 is 4.74 Å². The zero-order chi connectivity index (χ0) is 8.48. The van der Waals surface area contributed by atoms with E-state index in [1.165, 1.54) is 0 Å². The van der Waals surface area contributed by atoms with Gasteiger partial charge in [0.1, 0.15) is 0 Å². The van der Waals surface area contributed by atoms with Crippen LogP contribution >= 0.6 is 0 Å². The number of rotatable bonds is 4. The molecule has 0 amide bonds. The molecule has 1 saturated heterocycles. The summed E-state index contributed by atoms with van der Waals surface area (Å²) in [7, 11) is 0. The van der Waals surface area contributed by atoms with Gasteiger partial charge in [0, 0.05) is 6.54 Å². The number of ether oxygens (including phenoxy) is 1. The van der Waals surface area contributed by atoms with Crippen LogP contribution in [-0.4, -0.2) is 36.2 Å². The summed E-state index contributed by atoms with van der Waals surface area (Å²) in [6.45, 7) is 12.1. The molecular weight excluding hydrogens is 138 g/mol. The van der Waals surface area contributed by atoms with Crippen molar-refractivity contribution >= 4 is 0 Å². The minimum absolute atomic E-state index is 0.155. The summed E-state index contributed by atoms with van der Waals surface area (Å²) in [6, 6.07) is 0. The highest BCUT2D eigenvalue weighted by atomic mass is 16.6. The van der Waals surface area contributed by atoms with Crippen LogP contribution in [0.3, 0.4) is 0 Å². The van der Waals surface area contributed by atoms with Crippen LogP contribution in [0.2, 0.25) is 0 Å². The van der Waals surface area contributed by atoms with Crippen molar-refractivity contribution in [2.45, 2.75) is 39.4 Å². The normalized spacial score (nSPS) is 27.5. The predicted octanol–water partition coefficient (Wildman–Crippen LogP) is 1.51. The van der Waals surface area contributed by atoms with Gasteiger partial charge in [-0.3, -0.25) is 0 Å². The first-order chi connectivity index (χ1) is 5.10. The topological polar surface area (TPSA) is 15.8 Å². The highest BCUT2D eigenvalue weighted by Crippen LogP contribution is 2.35. The molecule has 1 rings (SSSR count). The monoisotopic (exact) mass is 157 g/mol. The lowest BCUT2D eigenvalue weighted by Crippen LogP contribution is -2.29. The third-order valence-electron chi connectivity index (χ3n) is 2.48. The van der Waals surface area contributed by atoms with Crippen LogP contribution in [0, 0.1) is 0 Å². The summed E-state index contributed by atoms with van der Waals surface area (Å²) in [6.07, 6.45) is 0.474. The van der Waals surface area contributed by atoms with Gasteiger partial charge in [0.05, 0.1) is 11.7 Å². The Morgan fingerprint density at radius 1 is 1.27 bits per heavy atom. The summed E-state index contributed by atoms with van der Waals surface area (Å²) in [4.78, 5) is 2.40. The Labute approximate surface area is 69.5 Å². The van der Waals surface area contributed by atoms with Crippen LogP contribution < -0.4 is 0 Å². The third-order valence-corrected chi connectivity index (χ3v) is 2.48. The molecule has 2 nitrogen and oxygen atoms in total. The van der Waals surface area contributed by atoms with E-state index in [0.29, 0.717) is 6.10 Å². The SMILES string of the molecule is CCN(CC)CC1OC1(C)C. The summed E-state index contributed by atoms with van der Waals surface area (Å²) >= 11 is 0. The Bertz CT molecular complexity index is 130. The van der Waals surface area contributed by atoms with Gasteiger partial charge < -0.3 is 9.64 Å². The minimum Gasteiger partial charge on any atom is -0.365 e. The highest BCUT2D eigenvalue weighted by molar-refractivity contribution is 4.96. The number of hydrogen-bond donors (Lipinski definition) is 0. The van der Waals surface area contributed by atoms with E-state index in [1.807, 2.05) is 0 Å². The van der Waals surface area contributed by atoms with Gasteiger partial charge in [-0.1, -0.05) is 13.8 Å². The zero-order valence-electron chi connectivity index (χ0n) is 8.05. The Hall–Kier alpha value is -0.0800. The average Bonchev–Trinajstić information content (AvgIpc) is 2.54. The fraction of sp³-hybridized carbons (Fsp3) is 1.00. The van der Waals surface area contributed by atoms with Gasteiger partial charge in [0.25, 0.3) is 0 Å². The van der Waals surface area contributed by atoms with E-state index in [4.69, 9.17) is 4.74 Å². The minimum atomic E-state index is 0.155. The van der Waals surface area contributed by atoms with Crippen LogP contribution in [0.5, 0.6) is 0 Å². The van der Waals surface area contributed by atoms with Crippen molar-refractivity contribution in [1.29, 1.82) is 0 Å². The molecular formula is C9H19NO. The Morgan fingerprint density at radius 3 is 2.00 bits per heavy atom. The second kappa shape index (κ2) is 3.11. The first-order valence-corrected chi connectivity index (χ1v) is 4.50. The molecule has 0 aromatic carbocycles. The van der Waals surface area contributed by atoms with Crippen LogP contribution in [0.4, 0.5) is 0 Å². The maximum Gasteiger partial charge on any atom is 0.0994 e. The summed E-state index contributed by atoms with van der Waals surface area (Å²) in [5.41, 5.74) is 0.155. The van der Waals surface area contributed by atoms with Crippen molar-refractivity contribution in [2.75, 3.05) is 19.6 Å². The maximum absolute atomic E-state index is 5.50. The van der Waals surface area contributed by atoms with Gasteiger partial charge in [-0.25, -0.2) is 0 Å². The highest BCUT2D eigenvalue weighted by Gasteiger charge is 2.47. The molecule has 1 heterocycles. The van der Waals surface area contributed by atoms with E-state index in [9.17, 15) is 0 Å². The molecule has 0 aliphatic carbocycles. The fourth-order valence-corrected chi connectivity index (χ4v) is 1.31. The lowest BCUT2D eigenvalue weighted by Gasteiger charge is -2.16. The second-order valence-corrected chi connectivity index (χ2v) is 3.70. The van der Waals surface area contributed by atoms with Gasteiger partial charge >= 0.3 is 0 Å². The molecule has 0 radical (unpaired) electrons. The second-order valence-electron chi connectivity index (χ2n) is 3.70. The van der Waals surface area contributed by atoms with Crippen molar-refractivity contribution in [2.24, 2.45) is 0 Å². The summed E-state index contributed by atoms with van der Waals surface area (Å²) < 4.78 is 5.50. The largest absolute Gasteiger partial charge is 0.365 e. The van der Waals surface area contributed by atoms with Crippen molar-refractivity contribution in [3.63, 3.8) is 0 Å². The van der Waals surface area contributed by atoms with Gasteiger partial charge in [-0.2, -0.15) is 0 Å².